The van der Waals surface area contributed by atoms with E-state index in [2.05, 4.69) is 5.10 Å². The van der Waals surface area contributed by atoms with Crippen LogP contribution in [0.5, 0.6) is 0 Å². The molecule has 6 heteroatoms. The van der Waals surface area contributed by atoms with Crippen molar-refractivity contribution in [3.63, 3.8) is 0 Å². The van der Waals surface area contributed by atoms with E-state index in [-0.39, 0.29) is 11.3 Å². The highest BCUT2D eigenvalue weighted by atomic mass is 32.2. The van der Waals surface area contributed by atoms with E-state index in [1.54, 1.807) is 0 Å². The van der Waals surface area contributed by atoms with Crippen molar-refractivity contribution in [1.82, 2.24) is 14.1 Å². The first-order valence-electron chi connectivity index (χ1n) is 8.61. The van der Waals surface area contributed by atoms with E-state index in [1.165, 1.54) is 17.7 Å². The summed E-state index contributed by atoms with van der Waals surface area (Å²) in [4.78, 5) is 0. The van der Waals surface area contributed by atoms with Crippen LogP contribution in [0.1, 0.15) is 61.9 Å². The predicted octanol–water partition coefficient (Wildman–Crippen LogP) is 2.15. The maximum Gasteiger partial charge on any atom is 0.217 e. The van der Waals surface area contributed by atoms with E-state index in [4.69, 9.17) is 0 Å². The zero-order valence-corrected chi connectivity index (χ0v) is 14.1. The molecule has 0 radical (unpaired) electrons. The largest absolute Gasteiger partial charge is 0.272 e. The van der Waals surface area contributed by atoms with Gasteiger partial charge in [0.15, 0.2) is 0 Å². The Morgan fingerprint density at radius 3 is 2.55 bits per heavy atom. The van der Waals surface area contributed by atoms with Crippen LogP contribution in [0, 0.1) is 0 Å². The van der Waals surface area contributed by atoms with Crippen LogP contribution in [0.3, 0.4) is 0 Å². The summed E-state index contributed by atoms with van der Waals surface area (Å²) in [5, 5.41) is 4.53. The Morgan fingerprint density at radius 1 is 1.14 bits per heavy atom. The second kappa shape index (κ2) is 5.34. The predicted molar refractivity (Wildman–Crippen MR) is 85.0 cm³/mol. The molecule has 0 N–H and O–H groups in total. The van der Waals surface area contributed by atoms with Gasteiger partial charge in [0.1, 0.15) is 0 Å². The molecule has 0 amide bonds. The summed E-state index contributed by atoms with van der Waals surface area (Å²) in [5.41, 5.74) is 3.63. The third-order valence-corrected chi connectivity index (χ3v) is 7.90. The van der Waals surface area contributed by atoms with Crippen molar-refractivity contribution in [2.75, 3.05) is 0 Å². The van der Waals surface area contributed by atoms with Crippen LogP contribution >= 0.6 is 0 Å². The fourth-order valence-electron chi connectivity index (χ4n) is 4.15. The van der Waals surface area contributed by atoms with Crippen molar-refractivity contribution in [2.45, 2.75) is 75.6 Å². The van der Waals surface area contributed by atoms with Gasteiger partial charge in [-0.25, -0.2) is 8.42 Å². The Hall–Kier alpha value is -0.880. The first-order valence-corrected chi connectivity index (χ1v) is 10.1. The van der Waals surface area contributed by atoms with Crippen LogP contribution in [0.15, 0.2) is 0 Å². The highest BCUT2D eigenvalue weighted by molar-refractivity contribution is 7.90. The molecule has 0 unspecified atom stereocenters. The summed E-state index contributed by atoms with van der Waals surface area (Å²) in [6, 6.07) is 0.199. The van der Waals surface area contributed by atoms with Gasteiger partial charge in [0.25, 0.3) is 0 Å². The first-order chi connectivity index (χ1) is 10.6. The summed E-state index contributed by atoms with van der Waals surface area (Å²) in [6.07, 6.45) is 9.33. The molecule has 1 heterocycles. The molecule has 2 fully saturated rings. The molecule has 5 nitrogen and oxygen atoms in total. The molecule has 0 spiro atoms. The molecule has 1 aromatic rings. The van der Waals surface area contributed by atoms with Crippen LogP contribution < -0.4 is 0 Å². The van der Waals surface area contributed by atoms with Crippen molar-refractivity contribution >= 4 is 10.0 Å². The second-order valence-corrected chi connectivity index (χ2v) is 9.24. The van der Waals surface area contributed by atoms with Crippen molar-refractivity contribution in [2.24, 2.45) is 7.05 Å². The van der Waals surface area contributed by atoms with Gasteiger partial charge in [-0.2, -0.15) is 9.40 Å². The highest BCUT2D eigenvalue weighted by Crippen LogP contribution is 2.37. The number of hydrogen-bond acceptors (Lipinski definition) is 3. The van der Waals surface area contributed by atoms with E-state index in [1.807, 2.05) is 16.0 Å². The number of rotatable bonds is 5. The Kier molecular flexibility index (Phi) is 3.57. The molecule has 3 aliphatic rings. The lowest BCUT2D eigenvalue weighted by Gasteiger charge is -2.27. The Bertz CT molecular complexity index is 670. The molecule has 0 aromatic carbocycles. The lowest BCUT2D eigenvalue weighted by molar-refractivity contribution is 0.311. The summed E-state index contributed by atoms with van der Waals surface area (Å²) in [7, 11) is -1.14. The van der Waals surface area contributed by atoms with Crippen LogP contribution in [0.25, 0.3) is 0 Å². The summed E-state index contributed by atoms with van der Waals surface area (Å²) in [5.74, 6) is 0. The SMILES string of the molecule is Cn1nc(CN(C2CCCC2)S(=O)(=O)C2CC2)c2c1CCC2. The number of aryl methyl sites for hydroxylation is 1. The molecule has 0 atom stereocenters. The van der Waals surface area contributed by atoms with Crippen molar-refractivity contribution in [3.8, 4) is 0 Å². The number of aromatic nitrogens is 2. The van der Waals surface area contributed by atoms with Crippen LogP contribution in [-0.2, 0) is 36.5 Å². The van der Waals surface area contributed by atoms with Gasteiger partial charge in [0, 0.05) is 18.8 Å². The number of fused-ring (bicyclic) bond motifs is 1. The molecule has 0 saturated heterocycles. The minimum atomic E-state index is -3.13. The van der Waals surface area contributed by atoms with E-state index in [9.17, 15) is 8.42 Å². The quantitative estimate of drug-likeness (QED) is 0.834. The zero-order valence-electron chi connectivity index (χ0n) is 13.3. The third-order valence-electron chi connectivity index (χ3n) is 5.51. The lowest BCUT2D eigenvalue weighted by atomic mass is 10.2. The number of hydrogen-bond donors (Lipinski definition) is 0. The molecule has 3 aliphatic carbocycles. The monoisotopic (exact) mass is 323 g/mol. The molecular weight excluding hydrogens is 298 g/mol. The molecule has 4 rings (SSSR count). The van der Waals surface area contributed by atoms with Gasteiger partial charge < -0.3 is 0 Å². The van der Waals surface area contributed by atoms with Gasteiger partial charge in [-0.3, -0.25) is 4.68 Å². The second-order valence-electron chi connectivity index (χ2n) is 7.08. The Balaban J connectivity index is 1.65. The van der Waals surface area contributed by atoms with Gasteiger partial charge in [-0.1, -0.05) is 12.8 Å². The van der Waals surface area contributed by atoms with Crippen molar-refractivity contribution in [3.05, 3.63) is 17.0 Å². The smallest absolute Gasteiger partial charge is 0.217 e. The first kappa shape index (κ1) is 14.7. The maximum atomic E-state index is 12.9. The molecule has 122 valence electrons. The average molecular weight is 323 g/mol. The molecule has 0 aliphatic heterocycles. The van der Waals surface area contributed by atoms with Gasteiger partial charge in [-0.15, -0.1) is 0 Å². The van der Waals surface area contributed by atoms with E-state index >= 15 is 0 Å². The van der Waals surface area contributed by atoms with E-state index in [0.29, 0.717) is 6.54 Å². The molecule has 1 aromatic heterocycles. The maximum absolute atomic E-state index is 12.9. The fraction of sp³-hybridized carbons (Fsp3) is 0.812. The standard InChI is InChI=1S/C16H25N3O2S/c1-18-16-8-4-7-14(16)15(17-18)11-19(12-5-2-3-6-12)22(20,21)13-9-10-13/h12-13H,2-11H2,1H3. The van der Waals surface area contributed by atoms with E-state index < -0.39 is 10.0 Å². The zero-order chi connectivity index (χ0) is 15.3. The van der Waals surface area contributed by atoms with Gasteiger partial charge >= 0.3 is 0 Å². The third kappa shape index (κ3) is 2.40. The number of nitrogens with zero attached hydrogens (tertiary/aromatic N) is 3. The topological polar surface area (TPSA) is 55.2 Å². The van der Waals surface area contributed by atoms with Gasteiger partial charge in [0.2, 0.25) is 10.0 Å². The molecular formula is C16H25N3O2S. The number of sulfonamides is 1. The van der Waals surface area contributed by atoms with Gasteiger partial charge in [-0.05, 0) is 50.5 Å². The fourth-order valence-corrected chi connectivity index (χ4v) is 6.19. The lowest BCUT2D eigenvalue weighted by Crippen LogP contribution is -2.40. The van der Waals surface area contributed by atoms with E-state index in [0.717, 1.165) is 57.1 Å². The highest BCUT2D eigenvalue weighted by Gasteiger charge is 2.43. The molecule has 0 bridgehead atoms. The molecule has 2 saturated carbocycles. The van der Waals surface area contributed by atoms with Gasteiger partial charge in [0.05, 0.1) is 17.5 Å². The summed E-state index contributed by atoms with van der Waals surface area (Å²) >= 11 is 0. The van der Waals surface area contributed by atoms with Crippen LogP contribution in [0.2, 0.25) is 0 Å². The Labute approximate surface area is 132 Å². The average Bonchev–Trinajstić information content (AvgIpc) is 2.93. The summed E-state index contributed by atoms with van der Waals surface area (Å²) in [6.45, 7) is 0.493. The van der Waals surface area contributed by atoms with Crippen LogP contribution in [-0.4, -0.2) is 33.8 Å². The minimum Gasteiger partial charge on any atom is -0.272 e. The summed E-state index contributed by atoms with van der Waals surface area (Å²) < 4.78 is 29.5. The normalized spacial score (nSPS) is 22.6. The molecule has 22 heavy (non-hydrogen) atoms. The van der Waals surface area contributed by atoms with Crippen molar-refractivity contribution in [1.29, 1.82) is 0 Å². The minimum absolute atomic E-state index is 0.120. The van der Waals surface area contributed by atoms with Crippen LogP contribution in [0.4, 0.5) is 0 Å². The Morgan fingerprint density at radius 2 is 1.86 bits per heavy atom. The van der Waals surface area contributed by atoms with Crippen molar-refractivity contribution < 1.29 is 8.42 Å².